The lowest BCUT2D eigenvalue weighted by atomic mass is 10.2. The van der Waals surface area contributed by atoms with Gasteiger partial charge in [0.2, 0.25) is 0 Å². The van der Waals surface area contributed by atoms with E-state index in [-0.39, 0.29) is 5.75 Å². The molecule has 0 unspecified atom stereocenters. The lowest BCUT2D eigenvalue weighted by molar-refractivity contribution is 0.475. The Labute approximate surface area is 108 Å². The summed E-state index contributed by atoms with van der Waals surface area (Å²) in [5.74, 6) is 0.270. The van der Waals surface area contributed by atoms with E-state index in [2.05, 4.69) is 24.6 Å². The Balaban J connectivity index is 0.000000492. The fraction of sp³-hybridized carbons (Fsp3) is 0.0667. The van der Waals surface area contributed by atoms with Gasteiger partial charge in [-0.25, -0.2) is 0 Å². The summed E-state index contributed by atoms with van der Waals surface area (Å²) in [7, 11) is 0. The van der Waals surface area contributed by atoms with Crippen molar-refractivity contribution in [1.82, 2.24) is 0 Å². The zero-order valence-electron chi connectivity index (χ0n) is 10.4. The molecule has 0 atom stereocenters. The van der Waals surface area contributed by atoms with E-state index < -0.39 is 0 Å². The number of rotatable bonds is 2. The lowest BCUT2D eigenvalue weighted by Gasteiger charge is -2.06. The number of hydrogen-bond donors (Lipinski definition) is 3. The fourth-order valence-corrected chi connectivity index (χ4v) is 1.39. The molecule has 0 aliphatic carbocycles. The van der Waals surface area contributed by atoms with E-state index in [1.165, 1.54) is 11.8 Å². The molecule has 0 aliphatic heterocycles. The second kappa shape index (κ2) is 7.01. The molecular formula is C15H18N2O. The van der Waals surface area contributed by atoms with Gasteiger partial charge in [0.15, 0.2) is 0 Å². The monoisotopic (exact) mass is 242 g/mol. The van der Waals surface area contributed by atoms with Crippen LogP contribution in [0, 0.1) is 6.92 Å². The first-order valence-corrected chi connectivity index (χ1v) is 5.61. The number of nitrogens with two attached hydrogens (primary N) is 1. The van der Waals surface area contributed by atoms with Gasteiger partial charge >= 0.3 is 0 Å². The first-order valence-electron chi connectivity index (χ1n) is 5.61. The molecule has 0 radical (unpaired) electrons. The summed E-state index contributed by atoms with van der Waals surface area (Å²) in [4.78, 5) is 0. The number of phenols is 1. The highest BCUT2D eigenvalue weighted by molar-refractivity contribution is 5.61. The van der Waals surface area contributed by atoms with Crippen molar-refractivity contribution in [3.63, 3.8) is 0 Å². The molecule has 94 valence electrons. The highest BCUT2D eigenvalue weighted by Crippen LogP contribution is 2.20. The highest BCUT2D eigenvalue weighted by Gasteiger charge is 1.95. The van der Waals surface area contributed by atoms with E-state index in [1.807, 2.05) is 36.4 Å². The maximum absolute atomic E-state index is 9.30. The van der Waals surface area contributed by atoms with Crippen molar-refractivity contribution < 1.29 is 5.11 Å². The van der Waals surface area contributed by atoms with Gasteiger partial charge in [-0.3, -0.25) is 0 Å². The Hall–Kier alpha value is -2.42. The van der Waals surface area contributed by atoms with Crippen LogP contribution in [0.3, 0.4) is 0 Å². The third-order valence-corrected chi connectivity index (χ3v) is 2.19. The first-order chi connectivity index (χ1) is 8.65. The summed E-state index contributed by atoms with van der Waals surface area (Å²) < 4.78 is 0. The molecule has 0 aromatic heterocycles. The fourth-order valence-electron chi connectivity index (χ4n) is 1.39. The van der Waals surface area contributed by atoms with Gasteiger partial charge in [-0.2, -0.15) is 0 Å². The SMILES string of the molecule is C=CN.Cc1ccc(Nc2cccc(O)c2)cc1. The van der Waals surface area contributed by atoms with Gasteiger partial charge in [0.1, 0.15) is 5.75 Å². The molecule has 2 rings (SSSR count). The van der Waals surface area contributed by atoms with E-state index in [0.29, 0.717) is 0 Å². The topological polar surface area (TPSA) is 58.3 Å². The predicted octanol–water partition coefficient (Wildman–Crippen LogP) is 3.53. The predicted molar refractivity (Wildman–Crippen MR) is 77.0 cm³/mol. The van der Waals surface area contributed by atoms with E-state index in [9.17, 15) is 5.11 Å². The van der Waals surface area contributed by atoms with Gasteiger partial charge in [-0.1, -0.05) is 30.3 Å². The highest BCUT2D eigenvalue weighted by atomic mass is 16.3. The second-order valence-electron chi connectivity index (χ2n) is 3.78. The zero-order valence-corrected chi connectivity index (χ0v) is 10.4. The largest absolute Gasteiger partial charge is 0.508 e. The molecule has 3 heteroatoms. The Kier molecular flexibility index (Phi) is 5.32. The van der Waals surface area contributed by atoms with Crippen LogP contribution in [-0.2, 0) is 0 Å². The number of hydrogen-bond acceptors (Lipinski definition) is 3. The van der Waals surface area contributed by atoms with Crippen LogP contribution < -0.4 is 11.1 Å². The van der Waals surface area contributed by atoms with Gasteiger partial charge in [-0.15, -0.1) is 0 Å². The van der Waals surface area contributed by atoms with Crippen molar-refractivity contribution in [2.75, 3.05) is 5.32 Å². The molecule has 0 saturated heterocycles. The van der Waals surface area contributed by atoms with Gasteiger partial charge in [-0.05, 0) is 37.4 Å². The Bertz CT molecular complexity index is 492. The van der Waals surface area contributed by atoms with Crippen molar-refractivity contribution in [3.8, 4) is 5.75 Å². The molecule has 18 heavy (non-hydrogen) atoms. The lowest BCUT2D eigenvalue weighted by Crippen LogP contribution is -1.89. The van der Waals surface area contributed by atoms with Gasteiger partial charge in [0.25, 0.3) is 0 Å². The van der Waals surface area contributed by atoms with Gasteiger partial charge in [0.05, 0.1) is 0 Å². The van der Waals surface area contributed by atoms with Crippen molar-refractivity contribution in [2.45, 2.75) is 6.92 Å². The third kappa shape index (κ3) is 4.61. The van der Waals surface area contributed by atoms with E-state index >= 15 is 0 Å². The number of benzene rings is 2. The normalized spacial score (nSPS) is 8.94. The molecule has 4 N–H and O–H groups in total. The van der Waals surface area contributed by atoms with Crippen LogP contribution in [0.1, 0.15) is 5.56 Å². The summed E-state index contributed by atoms with van der Waals surface area (Å²) >= 11 is 0. The summed E-state index contributed by atoms with van der Waals surface area (Å²) in [6, 6.07) is 15.2. The van der Waals surface area contributed by atoms with Crippen LogP contribution >= 0.6 is 0 Å². The van der Waals surface area contributed by atoms with Crippen molar-refractivity contribution in [1.29, 1.82) is 0 Å². The van der Waals surface area contributed by atoms with Crippen molar-refractivity contribution >= 4 is 11.4 Å². The van der Waals surface area contributed by atoms with E-state index in [0.717, 1.165) is 11.4 Å². The van der Waals surface area contributed by atoms with Crippen molar-refractivity contribution in [3.05, 3.63) is 66.9 Å². The molecular weight excluding hydrogens is 224 g/mol. The van der Waals surface area contributed by atoms with Gasteiger partial charge in [0, 0.05) is 17.4 Å². The van der Waals surface area contributed by atoms with Crippen LogP contribution in [0.4, 0.5) is 11.4 Å². The summed E-state index contributed by atoms with van der Waals surface area (Å²) in [5.41, 5.74) is 7.75. The minimum atomic E-state index is 0.270. The Morgan fingerprint density at radius 2 is 1.72 bits per heavy atom. The molecule has 0 saturated carbocycles. The smallest absolute Gasteiger partial charge is 0.117 e. The van der Waals surface area contributed by atoms with Crippen LogP contribution in [0.2, 0.25) is 0 Å². The first kappa shape index (κ1) is 13.6. The number of anilines is 2. The number of phenolic OH excluding ortho intramolecular Hbond substituents is 1. The maximum atomic E-state index is 9.30. The minimum absolute atomic E-state index is 0.270. The Morgan fingerprint density at radius 1 is 1.11 bits per heavy atom. The summed E-state index contributed by atoms with van der Waals surface area (Å²) in [6.07, 6.45) is 1.25. The second-order valence-corrected chi connectivity index (χ2v) is 3.78. The number of nitrogens with one attached hydrogen (secondary N) is 1. The third-order valence-electron chi connectivity index (χ3n) is 2.19. The van der Waals surface area contributed by atoms with Gasteiger partial charge < -0.3 is 16.2 Å². The average Bonchev–Trinajstić information content (AvgIpc) is 2.33. The molecule has 0 spiro atoms. The molecule has 0 aliphatic rings. The quantitative estimate of drug-likeness (QED) is 0.755. The molecule has 0 amide bonds. The molecule has 2 aromatic rings. The van der Waals surface area contributed by atoms with Crippen molar-refractivity contribution in [2.24, 2.45) is 5.73 Å². The average molecular weight is 242 g/mol. The number of aromatic hydroxyl groups is 1. The molecule has 3 nitrogen and oxygen atoms in total. The molecule has 0 bridgehead atoms. The van der Waals surface area contributed by atoms with Crippen LogP contribution in [-0.4, -0.2) is 5.11 Å². The number of aryl methyl sites for hydroxylation is 1. The van der Waals surface area contributed by atoms with Crippen LogP contribution in [0.15, 0.2) is 61.3 Å². The maximum Gasteiger partial charge on any atom is 0.117 e. The zero-order chi connectivity index (χ0) is 13.4. The summed E-state index contributed by atoms with van der Waals surface area (Å²) in [6.45, 7) is 5.19. The molecule has 0 fully saturated rings. The van der Waals surface area contributed by atoms with Crippen LogP contribution in [0.25, 0.3) is 0 Å². The van der Waals surface area contributed by atoms with E-state index in [1.54, 1.807) is 12.1 Å². The Morgan fingerprint density at radius 3 is 2.28 bits per heavy atom. The van der Waals surface area contributed by atoms with E-state index in [4.69, 9.17) is 0 Å². The summed E-state index contributed by atoms with van der Waals surface area (Å²) in [5, 5.41) is 12.5. The minimum Gasteiger partial charge on any atom is -0.508 e. The van der Waals surface area contributed by atoms with Crippen LogP contribution in [0.5, 0.6) is 5.75 Å². The molecule has 2 aromatic carbocycles. The molecule has 0 heterocycles. The standard InChI is InChI=1S/C13H13NO.C2H5N/c1-10-5-7-11(8-6-10)14-12-3-2-4-13(15)9-12;1-2-3/h2-9,14-15H,1H3;2H,1,3H2.